The number of ether oxygens (including phenoxy) is 1. The lowest BCUT2D eigenvalue weighted by atomic mass is 9.92. The second-order valence-corrected chi connectivity index (χ2v) is 14.2. The van der Waals surface area contributed by atoms with Crippen LogP contribution < -0.4 is 26.6 Å². The molecule has 1 aromatic carbocycles. The first-order chi connectivity index (χ1) is 24.4. The summed E-state index contributed by atoms with van der Waals surface area (Å²) in [7, 11) is 0. The topological polar surface area (TPSA) is 188 Å². The lowest BCUT2D eigenvalue weighted by Gasteiger charge is -2.29. The number of alkyl carbamates (subject to hydrolysis) is 1. The molecule has 52 heavy (non-hydrogen) atoms. The first-order valence-corrected chi connectivity index (χ1v) is 17.4. The Hall–Kier alpha value is -4.66. The molecule has 0 spiro atoms. The summed E-state index contributed by atoms with van der Waals surface area (Å²) in [6.07, 6.45) is -2.71. The molecule has 288 valence electrons. The van der Waals surface area contributed by atoms with Gasteiger partial charge in [-0.15, -0.1) is 0 Å². The lowest BCUT2D eigenvalue weighted by Crippen LogP contribution is -2.56. The van der Waals surface area contributed by atoms with Crippen LogP contribution in [0, 0.1) is 11.8 Å². The molecule has 0 bridgehead atoms. The Labute approximate surface area is 304 Å². The van der Waals surface area contributed by atoms with Crippen molar-refractivity contribution in [2.24, 2.45) is 11.8 Å². The van der Waals surface area contributed by atoms with E-state index < -0.39 is 84.9 Å². The Morgan fingerprint density at radius 3 is 2.00 bits per heavy atom. The van der Waals surface area contributed by atoms with E-state index in [0.29, 0.717) is 0 Å². The third-order valence-electron chi connectivity index (χ3n) is 8.03. The highest BCUT2D eigenvalue weighted by atomic mass is 19.3. The van der Waals surface area contributed by atoms with Crippen molar-refractivity contribution in [3.8, 4) is 0 Å². The van der Waals surface area contributed by atoms with Gasteiger partial charge in [0, 0.05) is 31.3 Å². The van der Waals surface area contributed by atoms with Gasteiger partial charge in [-0.3, -0.25) is 24.2 Å². The Balaban J connectivity index is 2.11. The van der Waals surface area contributed by atoms with Crippen LogP contribution in [0.1, 0.15) is 78.9 Å². The summed E-state index contributed by atoms with van der Waals surface area (Å²) in [6, 6.07) is 8.18. The smallest absolute Gasteiger partial charge is 0.408 e. The van der Waals surface area contributed by atoms with Crippen LogP contribution in [0.4, 0.5) is 13.6 Å². The van der Waals surface area contributed by atoms with Gasteiger partial charge in [0.2, 0.25) is 30.1 Å². The maximum absolute atomic E-state index is 13.4. The van der Waals surface area contributed by atoms with Crippen molar-refractivity contribution in [3.63, 3.8) is 0 Å². The van der Waals surface area contributed by atoms with Crippen molar-refractivity contribution >= 4 is 29.7 Å². The van der Waals surface area contributed by atoms with Crippen molar-refractivity contribution < 1.29 is 42.6 Å². The zero-order valence-corrected chi connectivity index (χ0v) is 31.0. The highest BCUT2D eigenvalue weighted by Gasteiger charge is 2.32. The summed E-state index contributed by atoms with van der Waals surface area (Å²) in [5, 5.41) is 24.5. The van der Waals surface area contributed by atoms with E-state index in [0.717, 1.165) is 11.1 Å². The summed E-state index contributed by atoms with van der Waals surface area (Å²) in [4.78, 5) is 69.0. The number of carbonyl (C=O) groups is 5. The van der Waals surface area contributed by atoms with Crippen LogP contribution in [-0.2, 0) is 36.9 Å². The molecule has 0 fully saturated rings. The monoisotopic (exact) mass is 732 g/mol. The number of carbonyl (C=O) groups excluding carboxylic acids is 5. The van der Waals surface area contributed by atoms with Crippen molar-refractivity contribution in [3.05, 3.63) is 66.0 Å². The number of hydrogen-bond donors (Lipinski definition) is 6. The molecule has 13 nitrogen and oxygen atoms in total. The minimum Gasteiger partial charge on any atom is -0.444 e. The Morgan fingerprint density at radius 1 is 0.788 bits per heavy atom. The first-order valence-electron chi connectivity index (χ1n) is 17.4. The van der Waals surface area contributed by atoms with Gasteiger partial charge in [0.25, 0.3) is 0 Å². The number of rotatable bonds is 19. The number of nitrogens with zero attached hydrogens (tertiary/aromatic N) is 1. The first kappa shape index (κ1) is 43.5. The average molecular weight is 733 g/mol. The second kappa shape index (κ2) is 21.0. The van der Waals surface area contributed by atoms with E-state index in [1.165, 1.54) is 6.92 Å². The predicted molar refractivity (Wildman–Crippen MR) is 191 cm³/mol. The summed E-state index contributed by atoms with van der Waals surface area (Å²) >= 11 is 0. The molecule has 0 aliphatic carbocycles. The number of aromatic nitrogens is 1. The van der Waals surface area contributed by atoms with E-state index in [1.54, 1.807) is 90.3 Å². The molecule has 1 heterocycles. The molecule has 1 aromatic heterocycles. The van der Waals surface area contributed by atoms with Crippen molar-refractivity contribution in [1.82, 2.24) is 31.6 Å². The molecule has 0 saturated heterocycles. The Morgan fingerprint density at radius 2 is 1.42 bits per heavy atom. The number of nitrogens with one attached hydrogen (secondary N) is 5. The van der Waals surface area contributed by atoms with Gasteiger partial charge in [-0.25, -0.2) is 13.6 Å². The summed E-state index contributed by atoms with van der Waals surface area (Å²) < 4.78 is 31.2. The molecule has 2 rings (SSSR count). The van der Waals surface area contributed by atoms with Gasteiger partial charge in [-0.2, -0.15) is 0 Å². The minimum atomic E-state index is -2.73. The number of aliphatic hydroxyl groups is 1. The molecule has 15 heteroatoms. The number of alkyl halides is 2. The summed E-state index contributed by atoms with van der Waals surface area (Å²) in [5.41, 5.74) is 0.720. The third kappa shape index (κ3) is 16.1. The molecule has 0 aliphatic heterocycles. The number of pyridine rings is 1. The highest BCUT2D eigenvalue weighted by molar-refractivity contribution is 5.91. The lowest BCUT2D eigenvalue weighted by molar-refractivity contribution is -0.132. The SMILES string of the molecule is CC(C)[C@H](NC(=O)[C@H](C)C[C@H](O)[C@H](Cc1ccccc1)NC(=O)[C@H](C)NC(=O)[C@H](CCC(F)F)NC(=O)OC(C)(C)C)C(=O)NCc1ccncc1. The third-order valence-corrected chi connectivity index (χ3v) is 8.03. The van der Waals surface area contributed by atoms with Gasteiger partial charge in [-0.1, -0.05) is 51.1 Å². The van der Waals surface area contributed by atoms with Gasteiger partial charge in [0.15, 0.2) is 0 Å². The molecule has 6 atom stereocenters. The van der Waals surface area contributed by atoms with E-state index in [4.69, 9.17) is 4.74 Å². The number of hydrogen-bond acceptors (Lipinski definition) is 8. The van der Waals surface area contributed by atoms with Gasteiger partial charge in [0.05, 0.1) is 12.1 Å². The van der Waals surface area contributed by atoms with Crippen LogP contribution in [0.2, 0.25) is 0 Å². The van der Waals surface area contributed by atoms with E-state index in [1.807, 2.05) is 6.07 Å². The molecule has 0 radical (unpaired) electrons. The largest absolute Gasteiger partial charge is 0.444 e. The highest BCUT2D eigenvalue weighted by Crippen LogP contribution is 2.16. The maximum atomic E-state index is 13.4. The standard InChI is InChI=1S/C37H54F2N6O7/c1-22(2)31(35(50)41-21-26-15-17-40-18-16-26)45-32(47)23(3)19-29(46)28(20-25-11-9-8-10-12-25)43-33(48)24(4)42-34(49)27(13-14-30(38)39)44-36(51)52-37(5,6)7/h8-12,15-18,22-24,27-31,46H,13-14,19-21H2,1-7H3,(H,41,50)(H,42,49)(H,43,48)(H,44,51)(H,45,47)/t23-,24+,27+,28+,29+,31+/m1/s1. The van der Waals surface area contributed by atoms with Crippen LogP contribution in [0.3, 0.4) is 0 Å². The summed E-state index contributed by atoms with van der Waals surface area (Å²) in [6.45, 7) is 11.7. The molecule has 0 unspecified atom stereocenters. The second-order valence-electron chi connectivity index (χ2n) is 14.2. The fraction of sp³-hybridized carbons (Fsp3) is 0.568. The van der Waals surface area contributed by atoms with Crippen LogP contribution in [0.5, 0.6) is 0 Å². The normalized spacial score (nSPS) is 15.0. The number of benzene rings is 1. The van der Waals surface area contributed by atoms with E-state index in [-0.39, 0.29) is 31.2 Å². The molecule has 0 saturated carbocycles. The number of halogens is 2. The fourth-order valence-corrected chi connectivity index (χ4v) is 5.11. The minimum absolute atomic E-state index is 0.0800. The number of amides is 5. The van der Waals surface area contributed by atoms with Gasteiger partial charge >= 0.3 is 6.09 Å². The average Bonchev–Trinajstić information content (AvgIpc) is 3.07. The van der Waals surface area contributed by atoms with Gasteiger partial charge < -0.3 is 36.4 Å². The van der Waals surface area contributed by atoms with E-state index in [2.05, 4.69) is 31.6 Å². The fourth-order valence-electron chi connectivity index (χ4n) is 5.11. The zero-order chi connectivity index (χ0) is 39.0. The van der Waals surface area contributed by atoms with Crippen molar-refractivity contribution in [1.29, 1.82) is 0 Å². The molecular weight excluding hydrogens is 678 g/mol. The molecule has 6 N–H and O–H groups in total. The van der Waals surface area contributed by atoms with Crippen LogP contribution >= 0.6 is 0 Å². The Bertz CT molecular complexity index is 1440. The van der Waals surface area contributed by atoms with E-state index in [9.17, 15) is 37.9 Å². The van der Waals surface area contributed by atoms with Crippen molar-refractivity contribution in [2.75, 3.05) is 0 Å². The molecule has 2 aromatic rings. The quantitative estimate of drug-likeness (QED) is 0.127. The van der Waals surface area contributed by atoms with Crippen molar-refractivity contribution in [2.45, 2.75) is 123 Å². The van der Waals surface area contributed by atoms with Crippen LogP contribution in [0.25, 0.3) is 0 Å². The van der Waals surface area contributed by atoms with Gasteiger partial charge in [-0.05, 0) is 76.1 Å². The number of aliphatic hydroxyl groups excluding tert-OH is 1. The van der Waals surface area contributed by atoms with E-state index >= 15 is 0 Å². The predicted octanol–water partition coefficient (Wildman–Crippen LogP) is 3.40. The van der Waals surface area contributed by atoms with Gasteiger partial charge in [0.1, 0.15) is 23.7 Å². The van der Waals surface area contributed by atoms with Crippen LogP contribution in [-0.4, -0.2) is 82.1 Å². The molecule has 0 aliphatic rings. The Kier molecular flexibility index (Phi) is 17.6. The maximum Gasteiger partial charge on any atom is 0.408 e. The molecular formula is C37H54F2N6O7. The summed E-state index contributed by atoms with van der Waals surface area (Å²) in [5.74, 6) is -3.41. The van der Waals surface area contributed by atoms with Crippen LogP contribution in [0.15, 0.2) is 54.9 Å². The zero-order valence-electron chi connectivity index (χ0n) is 31.0. The molecule has 5 amide bonds.